The predicted octanol–water partition coefficient (Wildman–Crippen LogP) is 7.14. The molecule has 4 aliphatic rings. The van der Waals surface area contributed by atoms with Crippen LogP contribution in [0.5, 0.6) is 0 Å². The Morgan fingerprint density at radius 2 is 1.81 bits per heavy atom. The van der Waals surface area contributed by atoms with Crippen LogP contribution in [0.1, 0.15) is 106 Å². The number of Topliss-reactive ketones (excluding diaryl/α,β-unsaturated/α-hetero) is 1. The van der Waals surface area contributed by atoms with E-state index in [2.05, 4.69) is 26.8 Å². The number of fused-ring (bicyclic) bond motifs is 5. The maximum atomic E-state index is 12.2. The fourth-order valence-electron chi connectivity index (χ4n) is 8.80. The molecule has 4 rings (SSSR count). The van der Waals surface area contributed by atoms with E-state index in [0.717, 1.165) is 49.4 Å². The SMILES string of the molecule is CC(=O)OC1CC[C@@]2(C)C(=CC[C@H]3[C@@H]4CC[C@H]([C@H](C)CCC(=O)C(C)C)[C@@]4(C)CC[C@@H]32)C1. The monoisotopic (exact) mass is 442 g/mol. The second-order valence-corrected chi connectivity index (χ2v) is 12.6. The number of carbonyl (C=O) groups is 2. The van der Waals surface area contributed by atoms with Gasteiger partial charge in [-0.05, 0) is 91.8 Å². The molecule has 8 atom stereocenters. The molecule has 3 fully saturated rings. The molecule has 0 heterocycles. The third-order valence-corrected chi connectivity index (χ3v) is 10.6. The van der Waals surface area contributed by atoms with Gasteiger partial charge in [-0.2, -0.15) is 0 Å². The lowest BCUT2D eigenvalue weighted by molar-refractivity contribution is -0.148. The van der Waals surface area contributed by atoms with Crippen molar-refractivity contribution in [3.8, 4) is 0 Å². The summed E-state index contributed by atoms with van der Waals surface area (Å²) >= 11 is 0. The van der Waals surface area contributed by atoms with E-state index in [1.54, 1.807) is 5.57 Å². The lowest BCUT2D eigenvalue weighted by Crippen LogP contribution is -2.51. The van der Waals surface area contributed by atoms with E-state index >= 15 is 0 Å². The van der Waals surface area contributed by atoms with Gasteiger partial charge in [0.25, 0.3) is 0 Å². The molecule has 3 saturated carbocycles. The van der Waals surface area contributed by atoms with Crippen LogP contribution in [0.2, 0.25) is 0 Å². The Hall–Kier alpha value is -1.12. The van der Waals surface area contributed by atoms with Crippen molar-refractivity contribution >= 4 is 11.8 Å². The summed E-state index contributed by atoms with van der Waals surface area (Å²) in [6.45, 7) is 13.2. The van der Waals surface area contributed by atoms with E-state index in [1.165, 1.54) is 45.4 Å². The molecule has 0 amide bonds. The summed E-state index contributed by atoms with van der Waals surface area (Å²) < 4.78 is 5.60. The molecule has 180 valence electrons. The Labute approximate surface area is 196 Å². The summed E-state index contributed by atoms with van der Waals surface area (Å²) in [5.74, 6) is 4.31. The maximum Gasteiger partial charge on any atom is 0.302 e. The molecule has 0 aromatic carbocycles. The molecule has 3 heteroatoms. The van der Waals surface area contributed by atoms with E-state index in [4.69, 9.17) is 4.74 Å². The maximum absolute atomic E-state index is 12.2. The normalized spacial score (nSPS) is 41.8. The molecule has 32 heavy (non-hydrogen) atoms. The van der Waals surface area contributed by atoms with Gasteiger partial charge in [0.15, 0.2) is 0 Å². The Balaban J connectivity index is 1.47. The van der Waals surface area contributed by atoms with Crippen molar-refractivity contribution in [3.63, 3.8) is 0 Å². The lowest BCUT2D eigenvalue weighted by atomic mass is 9.47. The average molecular weight is 443 g/mol. The van der Waals surface area contributed by atoms with Crippen LogP contribution in [-0.2, 0) is 14.3 Å². The second kappa shape index (κ2) is 8.91. The van der Waals surface area contributed by atoms with Gasteiger partial charge in [0.05, 0.1) is 0 Å². The van der Waals surface area contributed by atoms with Gasteiger partial charge in [0, 0.05) is 25.7 Å². The minimum Gasteiger partial charge on any atom is -0.462 e. The fourth-order valence-corrected chi connectivity index (χ4v) is 8.80. The number of ether oxygens (including phenoxy) is 1. The highest BCUT2D eigenvalue weighted by atomic mass is 16.5. The standard InChI is InChI=1S/C29H46O3/c1-18(2)27(31)12-7-19(3)24-10-11-25-23-9-8-21-17-22(32-20(4)30)13-15-28(21,5)26(23)14-16-29(24,25)6/h8,18-19,22-26H,7,9-17H2,1-6H3/t19-,22?,23+,24-,25+,26+,28+,29-/m1/s1. The van der Waals surface area contributed by atoms with Gasteiger partial charge in [0.1, 0.15) is 11.9 Å². The molecule has 0 aromatic heterocycles. The summed E-state index contributed by atoms with van der Waals surface area (Å²) in [4.78, 5) is 23.7. The smallest absolute Gasteiger partial charge is 0.302 e. The van der Waals surface area contributed by atoms with E-state index in [-0.39, 0.29) is 18.0 Å². The number of allylic oxidation sites excluding steroid dienone is 1. The summed E-state index contributed by atoms with van der Waals surface area (Å²) in [5, 5.41) is 0. The first kappa shape index (κ1) is 24.0. The van der Waals surface area contributed by atoms with Crippen molar-refractivity contribution < 1.29 is 14.3 Å². The zero-order valence-electron chi connectivity index (χ0n) is 21.4. The molecule has 0 bridgehead atoms. The van der Waals surface area contributed by atoms with Crippen molar-refractivity contribution in [2.24, 2.45) is 46.3 Å². The van der Waals surface area contributed by atoms with Crippen molar-refractivity contribution in [1.29, 1.82) is 0 Å². The first-order chi connectivity index (χ1) is 15.1. The number of rotatable bonds is 6. The molecule has 0 radical (unpaired) electrons. The summed E-state index contributed by atoms with van der Waals surface area (Å²) in [6, 6.07) is 0. The highest BCUT2D eigenvalue weighted by Gasteiger charge is 2.59. The van der Waals surface area contributed by atoms with Crippen molar-refractivity contribution in [2.45, 2.75) is 112 Å². The van der Waals surface area contributed by atoms with Gasteiger partial charge in [-0.25, -0.2) is 0 Å². The molecule has 3 nitrogen and oxygen atoms in total. The number of hydrogen-bond donors (Lipinski definition) is 0. The van der Waals surface area contributed by atoms with Crippen LogP contribution in [-0.4, -0.2) is 17.9 Å². The summed E-state index contributed by atoms with van der Waals surface area (Å²) in [5.41, 5.74) is 2.32. The molecule has 0 N–H and O–H groups in total. The molecule has 0 aromatic rings. The first-order valence-electron chi connectivity index (χ1n) is 13.5. The minimum atomic E-state index is -0.137. The van der Waals surface area contributed by atoms with Crippen molar-refractivity contribution in [3.05, 3.63) is 11.6 Å². The highest BCUT2D eigenvalue weighted by Crippen LogP contribution is 2.67. The lowest BCUT2D eigenvalue weighted by Gasteiger charge is -2.58. The zero-order valence-corrected chi connectivity index (χ0v) is 21.4. The second-order valence-electron chi connectivity index (χ2n) is 12.6. The number of hydrogen-bond acceptors (Lipinski definition) is 3. The van der Waals surface area contributed by atoms with E-state index < -0.39 is 0 Å². The predicted molar refractivity (Wildman–Crippen MR) is 129 cm³/mol. The van der Waals surface area contributed by atoms with Gasteiger partial charge >= 0.3 is 5.97 Å². The van der Waals surface area contributed by atoms with Crippen LogP contribution >= 0.6 is 0 Å². The number of carbonyl (C=O) groups excluding carboxylic acids is 2. The third kappa shape index (κ3) is 4.11. The van der Waals surface area contributed by atoms with Crippen LogP contribution in [0.25, 0.3) is 0 Å². The van der Waals surface area contributed by atoms with Gasteiger partial charge in [-0.15, -0.1) is 0 Å². The minimum absolute atomic E-state index is 0.0856. The first-order valence-corrected chi connectivity index (χ1v) is 13.5. The third-order valence-electron chi connectivity index (χ3n) is 10.6. The molecule has 4 aliphatic carbocycles. The van der Waals surface area contributed by atoms with Crippen LogP contribution in [0.4, 0.5) is 0 Å². The average Bonchev–Trinajstić information content (AvgIpc) is 3.08. The molecular formula is C29H46O3. The van der Waals surface area contributed by atoms with Crippen molar-refractivity contribution in [1.82, 2.24) is 0 Å². The van der Waals surface area contributed by atoms with E-state index in [1.807, 2.05) is 13.8 Å². The van der Waals surface area contributed by atoms with Crippen LogP contribution in [0.15, 0.2) is 11.6 Å². The Morgan fingerprint density at radius 1 is 1.06 bits per heavy atom. The molecule has 0 saturated heterocycles. The molecular weight excluding hydrogens is 396 g/mol. The largest absolute Gasteiger partial charge is 0.462 e. The van der Waals surface area contributed by atoms with Gasteiger partial charge in [0.2, 0.25) is 0 Å². The van der Waals surface area contributed by atoms with E-state index in [9.17, 15) is 9.59 Å². The highest BCUT2D eigenvalue weighted by molar-refractivity contribution is 5.80. The Morgan fingerprint density at radius 3 is 2.50 bits per heavy atom. The summed E-state index contributed by atoms with van der Waals surface area (Å²) in [7, 11) is 0. The quantitative estimate of drug-likeness (QED) is 0.324. The Bertz CT molecular complexity index is 766. The Kier molecular flexibility index (Phi) is 6.69. The fraction of sp³-hybridized carbons (Fsp3) is 0.862. The topological polar surface area (TPSA) is 43.4 Å². The van der Waals surface area contributed by atoms with Crippen LogP contribution < -0.4 is 0 Å². The van der Waals surface area contributed by atoms with E-state index in [0.29, 0.717) is 22.5 Å². The molecule has 0 aliphatic heterocycles. The summed E-state index contributed by atoms with van der Waals surface area (Å²) in [6.07, 6.45) is 14.2. The van der Waals surface area contributed by atoms with Crippen LogP contribution in [0, 0.1) is 46.3 Å². The molecule has 0 spiro atoms. The van der Waals surface area contributed by atoms with Crippen LogP contribution in [0.3, 0.4) is 0 Å². The number of ketones is 1. The molecule has 1 unspecified atom stereocenters. The van der Waals surface area contributed by atoms with Crippen molar-refractivity contribution in [2.75, 3.05) is 0 Å². The van der Waals surface area contributed by atoms with Gasteiger partial charge in [-0.1, -0.05) is 46.3 Å². The number of esters is 1. The van der Waals surface area contributed by atoms with Gasteiger partial charge < -0.3 is 4.74 Å². The van der Waals surface area contributed by atoms with Gasteiger partial charge in [-0.3, -0.25) is 9.59 Å². The zero-order chi connectivity index (χ0) is 23.3.